The summed E-state index contributed by atoms with van der Waals surface area (Å²) in [6.45, 7) is 9.54. The summed E-state index contributed by atoms with van der Waals surface area (Å²) in [6.07, 6.45) is 0.985. The first-order valence-electron chi connectivity index (χ1n) is 20.5. The Balaban J connectivity index is 1.12. The van der Waals surface area contributed by atoms with E-state index in [1.165, 1.54) is 122 Å². The third kappa shape index (κ3) is 4.50. The number of hydrogen-bond acceptors (Lipinski definition) is 0. The molecule has 0 saturated heterocycles. The highest BCUT2D eigenvalue weighted by Crippen LogP contribution is 2.54. The van der Waals surface area contributed by atoms with Crippen LogP contribution in [-0.2, 0) is 17.3 Å². The van der Waals surface area contributed by atoms with Crippen LogP contribution in [0.5, 0.6) is 0 Å². The van der Waals surface area contributed by atoms with Gasteiger partial charge in [-0.3, -0.25) is 0 Å². The Morgan fingerprint density at radius 3 is 1.35 bits per heavy atom. The molecular weight excluding hydrogens is 685 g/mol. The van der Waals surface area contributed by atoms with E-state index in [9.17, 15) is 0 Å². The van der Waals surface area contributed by atoms with Crippen LogP contribution in [0.1, 0.15) is 61.1 Å². The summed E-state index contributed by atoms with van der Waals surface area (Å²) in [5.74, 6) is 0. The molecule has 0 aliphatic heterocycles. The Hall–Kier alpha value is -6.50. The molecule has 0 radical (unpaired) electrons. The first kappa shape index (κ1) is 32.7. The van der Waals surface area contributed by atoms with Gasteiger partial charge in [-0.1, -0.05) is 179 Å². The molecule has 0 spiro atoms. The fourth-order valence-electron chi connectivity index (χ4n) is 11.0. The standard InChI is InChI=1S/C57H42/c1-56(2)50-19-11-9-15-42(50)44-26-23-37(32-52(44)56)54-46-17-7-8-18-47(46)55(38-24-27-45-43-16-10-12-20-51(43)57(3,4)53(45)33-38)49-31-35(22-28-48(49)54)34-21-25-41-39(29-34)30-36-13-5-6-14-40(36)41/h5-29,31-33H,30H2,1-4H3. The molecule has 12 rings (SSSR count). The Labute approximate surface area is 335 Å². The zero-order valence-corrected chi connectivity index (χ0v) is 32.9. The van der Waals surface area contributed by atoms with Crippen LogP contribution < -0.4 is 0 Å². The minimum Gasteiger partial charge on any atom is -0.0619 e. The van der Waals surface area contributed by atoms with E-state index in [0.717, 1.165) is 6.42 Å². The molecule has 0 heterocycles. The second-order valence-electron chi connectivity index (χ2n) is 17.6. The van der Waals surface area contributed by atoms with E-state index in [0.29, 0.717) is 0 Å². The van der Waals surface area contributed by atoms with Crippen LogP contribution in [0.15, 0.2) is 170 Å². The maximum Gasteiger partial charge on any atom is 0.0159 e. The molecule has 0 fully saturated rings. The van der Waals surface area contributed by atoms with E-state index in [1.807, 2.05) is 0 Å². The lowest BCUT2D eigenvalue weighted by Gasteiger charge is -2.24. The monoisotopic (exact) mass is 726 g/mol. The molecule has 0 heteroatoms. The number of rotatable bonds is 3. The molecule has 0 unspecified atom stereocenters. The predicted molar refractivity (Wildman–Crippen MR) is 241 cm³/mol. The fourth-order valence-corrected chi connectivity index (χ4v) is 11.0. The lowest BCUT2D eigenvalue weighted by molar-refractivity contribution is 0.660. The average molecular weight is 727 g/mol. The second kappa shape index (κ2) is 11.5. The van der Waals surface area contributed by atoms with Crippen molar-refractivity contribution in [2.75, 3.05) is 0 Å². The maximum absolute atomic E-state index is 2.50. The molecule has 0 bridgehead atoms. The van der Waals surface area contributed by atoms with Crippen LogP contribution in [0.25, 0.3) is 88.3 Å². The van der Waals surface area contributed by atoms with Gasteiger partial charge in [0.1, 0.15) is 0 Å². The lowest BCUT2D eigenvalue weighted by atomic mass is 9.79. The van der Waals surface area contributed by atoms with Crippen LogP contribution in [-0.4, -0.2) is 0 Å². The van der Waals surface area contributed by atoms with E-state index in [1.54, 1.807) is 0 Å². The summed E-state index contributed by atoms with van der Waals surface area (Å²) in [4.78, 5) is 0. The summed E-state index contributed by atoms with van der Waals surface area (Å²) >= 11 is 0. The Morgan fingerprint density at radius 2 is 0.719 bits per heavy atom. The van der Waals surface area contributed by atoms with Crippen LogP contribution in [0.3, 0.4) is 0 Å². The molecule has 3 aliphatic carbocycles. The van der Waals surface area contributed by atoms with Gasteiger partial charge in [-0.15, -0.1) is 0 Å². The number of benzene rings is 9. The van der Waals surface area contributed by atoms with Gasteiger partial charge >= 0.3 is 0 Å². The quantitative estimate of drug-likeness (QED) is 0.159. The molecule has 57 heavy (non-hydrogen) atoms. The van der Waals surface area contributed by atoms with Gasteiger partial charge in [0, 0.05) is 10.8 Å². The van der Waals surface area contributed by atoms with Crippen LogP contribution in [0.4, 0.5) is 0 Å². The van der Waals surface area contributed by atoms with Crippen molar-refractivity contribution < 1.29 is 0 Å². The minimum atomic E-state index is -0.0879. The molecule has 0 nitrogen and oxygen atoms in total. The molecule has 0 aromatic heterocycles. The summed E-state index contributed by atoms with van der Waals surface area (Å²) in [5.41, 5.74) is 24.1. The summed E-state index contributed by atoms with van der Waals surface area (Å²) in [5, 5.41) is 5.16. The van der Waals surface area contributed by atoms with Crippen molar-refractivity contribution in [1.82, 2.24) is 0 Å². The van der Waals surface area contributed by atoms with Gasteiger partial charge in [0.05, 0.1) is 0 Å². The summed E-state index contributed by atoms with van der Waals surface area (Å²) < 4.78 is 0. The van der Waals surface area contributed by atoms with Crippen molar-refractivity contribution in [1.29, 1.82) is 0 Å². The van der Waals surface area contributed by atoms with Crippen molar-refractivity contribution in [3.8, 4) is 66.8 Å². The lowest BCUT2D eigenvalue weighted by Crippen LogP contribution is -2.15. The molecule has 0 amide bonds. The Kier molecular flexibility index (Phi) is 6.62. The van der Waals surface area contributed by atoms with E-state index >= 15 is 0 Å². The topological polar surface area (TPSA) is 0 Å². The van der Waals surface area contributed by atoms with Crippen LogP contribution in [0, 0.1) is 0 Å². The highest BCUT2D eigenvalue weighted by molar-refractivity contribution is 6.22. The molecular formula is C57H42. The third-order valence-corrected chi connectivity index (χ3v) is 13.9. The van der Waals surface area contributed by atoms with Gasteiger partial charge < -0.3 is 0 Å². The summed E-state index contributed by atoms with van der Waals surface area (Å²) in [6, 6.07) is 64.8. The Bertz CT molecular complexity index is 3200. The van der Waals surface area contributed by atoms with Gasteiger partial charge in [0.15, 0.2) is 0 Å². The predicted octanol–water partition coefficient (Wildman–Crippen LogP) is 15.2. The van der Waals surface area contributed by atoms with Gasteiger partial charge in [-0.2, -0.15) is 0 Å². The van der Waals surface area contributed by atoms with E-state index < -0.39 is 0 Å². The molecule has 9 aromatic rings. The van der Waals surface area contributed by atoms with Crippen molar-refractivity contribution in [2.45, 2.75) is 44.9 Å². The SMILES string of the molecule is CC1(C)c2ccccc2-c2ccc(-c3c4ccccc4c(-c4ccc5c(c4)C(C)(C)c4ccccc4-5)c4cc(-c5ccc6c(c5)Cc5ccccc5-6)ccc34)cc21. The molecule has 0 N–H and O–H groups in total. The molecule has 0 saturated carbocycles. The summed E-state index contributed by atoms with van der Waals surface area (Å²) in [7, 11) is 0. The highest BCUT2D eigenvalue weighted by atomic mass is 14.4. The first-order chi connectivity index (χ1) is 27.8. The van der Waals surface area contributed by atoms with Crippen molar-refractivity contribution in [3.05, 3.63) is 203 Å². The van der Waals surface area contributed by atoms with Crippen molar-refractivity contribution in [3.63, 3.8) is 0 Å². The fraction of sp³-hybridized carbons (Fsp3) is 0.123. The van der Waals surface area contributed by atoms with Gasteiger partial charge in [-0.05, 0) is 146 Å². The smallest absolute Gasteiger partial charge is 0.0159 e. The van der Waals surface area contributed by atoms with Gasteiger partial charge in [-0.25, -0.2) is 0 Å². The minimum absolute atomic E-state index is 0.0807. The maximum atomic E-state index is 2.50. The Morgan fingerprint density at radius 1 is 0.298 bits per heavy atom. The number of fused-ring (bicyclic) bond motifs is 11. The molecule has 3 aliphatic rings. The third-order valence-electron chi connectivity index (χ3n) is 13.9. The highest BCUT2D eigenvalue weighted by Gasteiger charge is 2.37. The molecule has 9 aromatic carbocycles. The second-order valence-corrected chi connectivity index (χ2v) is 17.6. The zero-order valence-electron chi connectivity index (χ0n) is 32.9. The molecule has 0 atom stereocenters. The van der Waals surface area contributed by atoms with Crippen molar-refractivity contribution >= 4 is 21.5 Å². The first-order valence-corrected chi connectivity index (χ1v) is 20.5. The molecule has 270 valence electrons. The van der Waals surface area contributed by atoms with Crippen molar-refractivity contribution in [2.24, 2.45) is 0 Å². The van der Waals surface area contributed by atoms with Crippen LogP contribution in [0.2, 0.25) is 0 Å². The van der Waals surface area contributed by atoms with Crippen LogP contribution >= 0.6 is 0 Å². The zero-order chi connectivity index (χ0) is 38.2. The van der Waals surface area contributed by atoms with E-state index in [2.05, 4.69) is 198 Å². The van der Waals surface area contributed by atoms with Gasteiger partial charge in [0.25, 0.3) is 0 Å². The van der Waals surface area contributed by atoms with E-state index in [4.69, 9.17) is 0 Å². The number of hydrogen-bond donors (Lipinski definition) is 0. The van der Waals surface area contributed by atoms with E-state index in [-0.39, 0.29) is 10.8 Å². The normalized spacial score (nSPS) is 14.9. The average Bonchev–Trinajstić information content (AvgIpc) is 3.81. The van der Waals surface area contributed by atoms with Gasteiger partial charge in [0.2, 0.25) is 0 Å². The largest absolute Gasteiger partial charge is 0.0619 e.